The molecule has 0 saturated heterocycles. The van der Waals surface area contributed by atoms with Crippen molar-refractivity contribution in [3.63, 3.8) is 0 Å². The van der Waals surface area contributed by atoms with Crippen LogP contribution < -0.4 is 4.74 Å². The minimum Gasteiger partial charge on any atom is -0.497 e. The molecular formula is C14H17NO3. The molecule has 1 heterocycles. The highest BCUT2D eigenvalue weighted by Crippen LogP contribution is 2.27. The van der Waals surface area contributed by atoms with Crippen LogP contribution in [0, 0.1) is 0 Å². The van der Waals surface area contributed by atoms with Crippen molar-refractivity contribution in [2.24, 2.45) is 0 Å². The van der Waals surface area contributed by atoms with Gasteiger partial charge in [0.05, 0.1) is 20.6 Å². The standard InChI is InChI=1S/C14H17NO3/c1-4-12-11(8-14(16)18-3)10-7-9(17-2)5-6-13(10)15-12/h5-7,15H,4,8H2,1-3H3. The van der Waals surface area contributed by atoms with Gasteiger partial charge in [-0.2, -0.15) is 0 Å². The van der Waals surface area contributed by atoms with Gasteiger partial charge in [0.1, 0.15) is 5.75 Å². The summed E-state index contributed by atoms with van der Waals surface area (Å²) in [6, 6.07) is 5.82. The summed E-state index contributed by atoms with van der Waals surface area (Å²) < 4.78 is 9.97. The van der Waals surface area contributed by atoms with E-state index in [0.717, 1.165) is 34.3 Å². The molecule has 1 aromatic carbocycles. The number of hydrogen-bond acceptors (Lipinski definition) is 3. The zero-order valence-electron chi connectivity index (χ0n) is 10.9. The second-order valence-electron chi connectivity index (χ2n) is 4.10. The third kappa shape index (κ3) is 2.18. The van der Waals surface area contributed by atoms with Crippen LogP contribution in [-0.2, 0) is 22.4 Å². The molecule has 2 rings (SSSR count). The van der Waals surface area contributed by atoms with E-state index in [4.69, 9.17) is 9.47 Å². The summed E-state index contributed by atoms with van der Waals surface area (Å²) in [4.78, 5) is 14.8. The number of hydrogen-bond donors (Lipinski definition) is 1. The van der Waals surface area contributed by atoms with Gasteiger partial charge in [-0.3, -0.25) is 4.79 Å². The molecule has 0 bridgehead atoms. The number of aryl methyl sites for hydroxylation is 1. The number of rotatable bonds is 4. The maximum atomic E-state index is 11.5. The van der Waals surface area contributed by atoms with E-state index in [1.807, 2.05) is 18.2 Å². The Balaban J connectivity index is 2.55. The van der Waals surface area contributed by atoms with Crippen molar-refractivity contribution in [3.8, 4) is 5.75 Å². The molecule has 0 aliphatic heterocycles. The van der Waals surface area contributed by atoms with Crippen LogP contribution in [0.5, 0.6) is 5.75 Å². The van der Waals surface area contributed by atoms with Crippen LogP contribution in [-0.4, -0.2) is 25.2 Å². The predicted octanol–water partition coefficient (Wildman–Crippen LogP) is 2.45. The molecule has 0 aliphatic carbocycles. The SMILES string of the molecule is CCc1[nH]c2ccc(OC)cc2c1CC(=O)OC. The lowest BCUT2D eigenvalue weighted by molar-refractivity contribution is -0.139. The molecule has 4 heteroatoms. The van der Waals surface area contributed by atoms with E-state index in [2.05, 4.69) is 11.9 Å². The van der Waals surface area contributed by atoms with Crippen LogP contribution in [0.25, 0.3) is 10.9 Å². The van der Waals surface area contributed by atoms with Crippen LogP contribution in [0.15, 0.2) is 18.2 Å². The molecule has 0 amide bonds. The number of fused-ring (bicyclic) bond motifs is 1. The lowest BCUT2D eigenvalue weighted by Gasteiger charge is -2.03. The second kappa shape index (κ2) is 5.12. The third-order valence-electron chi connectivity index (χ3n) is 3.10. The van der Waals surface area contributed by atoms with Crippen molar-refractivity contribution >= 4 is 16.9 Å². The van der Waals surface area contributed by atoms with Gasteiger partial charge >= 0.3 is 5.97 Å². The van der Waals surface area contributed by atoms with Gasteiger partial charge in [-0.15, -0.1) is 0 Å². The fourth-order valence-electron chi connectivity index (χ4n) is 2.13. The van der Waals surface area contributed by atoms with Gasteiger partial charge in [0.25, 0.3) is 0 Å². The Kier molecular flexibility index (Phi) is 3.55. The lowest BCUT2D eigenvalue weighted by Crippen LogP contribution is -2.05. The molecule has 0 saturated carbocycles. The van der Waals surface area contributed by atoms with Crippen molar-refractivity contribution in [3.05, 3.63) is 29.5 Å². The van der Waals surface area contributed by atoms with Crippen LogP contribution in [0.3, 0.4) is 0 Å². The number of benzene rings is 1. The summed E-state index contributed by atoms with van der Waals surface area (Å²) >= 11 is 0. The van der Waals surface area contributed by atoms with E-state index >= 15 is 0 Å². The number of methoxy groups -OCH3 is 2. The number of ether oxygens (including phenoxy) is 2. The monoisotopic (exact) mass is 247 g/mol. The van der Waals surface area contributed by atoms with Crippen molar-refractivity contribution in [2.75, 3.05) is 14.2 Å². The second-order valence-corrected chi connectivity index (χ2v) is 4.10. The van der Waals surface area contributed by atoms with Gasteiger partial charge in [0.15, 0.2) is 0 Å². The number of carbonyl (C=O) groups excluding carboxylic acids is 1. The first-order valence-corrected chi connectivity index (χ1v) is 5.93. The van der Waals surface area contributed by atoms with Crippen molar-refractivity contribution < 1.29 is 14.3 Å². The highest BCUT2D eigenvalue weighted by molar-refractivity contribution is 5.89. The maximum absolute atomic E-state index is 11.5. The number of H-pyrrole nitrogens is 1. The highest BCUT2D eigenvalue weighted by Gasteiger charge is 2.14. The number of aromatic nitrogens is 1. The van der Waals surface area contributed by atoms with E-state index in [1.165, 1.54) is 7.11 Å². The molecule has 0 unspecified atom stereocenters. The minimum absolute atomic E-state index is 0.228. The molecule has 0 radical (unpaired) electrons. The Labute approximate surface area is 106 Å². The minimum atomic E-state index is -0.228. The van der Waals surface area contributed by atoms with Gasteiger partial charge in [0.2, 0.25) is 0 Å². The zero-order valence-corrected chi connectivity index (χ0v) is 10.9. The Bertz CT molecular complexity index is 572. The molecule has 96 valence electrons. The van der Waals surface area contributed by atoms with E-state index < -0.39 is 0 Å². The van der Waals surface area contributed by atoms with Gasteiger partial charge in [-0.1, -0.05) is 6.92 Å². The molecule has 1 N–H and O–H groups in total. The topological polar surface area (TPSA) is 51.3 Å². The summed E-state index contributed by atoms with van der Waals surface area (Å²) in [5.74, 6) is 0.559. The van der Waals surface area contributed by atoms with E-state index in [-0.39, 0.29) is 12.4 Å². The average molecular weight is 247 g/mol. The largest absolute Gasteiger partial charge is 0.497 e. The average Bonchev–Trinajstić information content (AvgIpc) is 2.75. The van der Waals surface area contributed by atoms with Crippen molar-refractivity contribution in [1.82, 2.24) is 4.98 Å². The first-order valence-electron chi connectivity index (χ1n) is 5.93. The number of aromatic amines is 1. The quantitative estimate of drug-likeness (QED) is 0.844. The molecule has 0 fully saturated rings. The highest BCUT2D eigenvalue weighted by atomic mass is 16.5. The van der Waals surface area contributed by atoms with Gasteiger partial charge in [0, 0.05) is 16.6 Å². The van der Waals surface area contributed by atoms with Crippen LogP contribution in [0.2, 0.25) is 0 Å². The fourth-order valence-corrected chi connectivity index (χ4v) is 2.13. The maximum Gasteiger partial charge on any atom is 0.310 e. The Morgan fingerprint density at radius 3 is 2.72 bits per heavy atom. The normalized spacial score (nSPS) is 10.6. The van der Waals surface area contributed by atoms with Crippen LogP contribution in [0.4, 0.5) is 0 Å². The first-order chi connectivity index (χ1) is 8.69. The van der Waals surface area contributed by atoms with E-state index in [0.29, 0.717) is 0 Å². The molecule has 0 atom stereocenters. The first kappa shape index (κ1) is 12.5. The molecular weight excluding hydrogens is 230 g/mol. The molecule has 0 aliphatic rings. The Morgan fingerprint density at radius 2 is 2.11 bits per heavy atom. The van der Waals surface area contributed by atoms with E-state index in [1.54, 1.807) is 7.11 Å². The van der Waals surface area contributed by atoms with Gasteiger partial charge in [-0.05, 0) is 30.2 Å². The summed E-state index contributed by atoms with van der Waals surface area (Å²) in [6.07, 6.45) is 1.14. The lowest BCUT2D eigenvalue weighted by atomic mass is 10.1. The van der Waals surface area contributed by atoms with E-state index in [9.17, 15) is 4.79 Å². The summed E-state index contributed by atoms with van der Waals surface area (Å²) in [5.41, 5.74) is 3.09. The summed E-state index contributed by atoms with van der Waals surface area (Å²) in [5, 5.41) is 1.02. The molecule has 1 aromatic heterocycles. The van der Waals surface area contributed by atoms with Crippen molar-refractivity contribution in [2.45, 2.75) is 19.8 Å². The van der Waals surface area contributed by atoms with Gasteiger partial charge in [-0.25, -0.2) is 0 Å². The van der Waals surface area contributed by atoms with Crippen LogP contribution in [0.1, 0.15) is 18.2 Å². The summed E-state index contributed by atoms with van der Waals surface area (Å²) in [7, 11) is 3.04. The molecule has 2 aromatic rings. The number of esters is 1. The van der Waals surface area contributed by atoms with Crippen molar-refractivity contribution in [1.29, 1.82) is 0 Å². The third-order valence-corrected chi connectivity index (χ3v) is 3.10. The zero-order chi connectivity index (χ0) is 13.1. The molecule has 18 heavy (non-hydrogen) atoms. The smallest absolute Gasteiger partial charge is 0.310 e. The Hall–Kier alpha value is -1.97. The number of nitrogens with one attached hydrogen (secondary N) is 1. The predicted molar refractivity (Wildman–Crippen MR) is 69.9 cm³/mol. The molecule has 0 spiro atoms. The number of carbonyl (C=O) groups is 1. The fraction of sp³-hybridized carbons (Fsp3) is 0.357. The molecule has 4 nitrogen and oxygen atoms in total. The van der Waals surface area contributed by atoms with Crippen LogP contribution >= 0.6 is 0 Å². The summed E-state index contributed by atoms with van der Waals surface area (Å²) in [6.45, 7) is 2.06. The van der Waals surface area contributed by atoms with Gasteiger partial charge < -0.3 is 14.5 Å². The Morgan fingerprint density at radius 1 is 1.33 bits per heavy atom.